The Hall–Kier alpha value is -3.19. The van der Waals surface area contributed by atoms with Crippen molar-refractivity contribution >= 4 is 51.8 Å². The number of thioether (sulfide) groups is 2. The van der Waals surface area contributed by atoms with Gasteiger partial charge in [-0.2, -0.15) is 5.10 Å². The predicted molar refractivity (Wildman–Crippen MR) is 173 cm³/mol. The van der Waals surface area contributed by atoms with E-state index in [2.05, 4.69) is 86.6 Å². The molecule has 4 aromatic carbocycles. The lowest BCUT2D eigenvalue weighted by Gasteiger charge is -2.37. The van der Waals surface area contributed by atoms with Crippen molar-refractivity contribution < 1.29 is 9.53 Å². The molecule has 2 aliphatic rings. The van der Waals surface area contributed by atoms with Gasteiger partial charge in [0.1, 0.15) is 0 Å². The molecule has 0 bridgehead atoms. The Labute approximate surface area is 255 Å². The van der Waals surface area contributed by atoms with Crippen LogP contribution in [-0.2, 0) is 31.3 Å². The van der Waals surface area contributed by atoms with Gasteiger partial charge in [-0.1, -0.05) is 128 Å². The van der Waals surface area contributed by atoms with E-state index in [0.717, 1.165) is 24.1 Å². The minimum absolute atomic E-state index is 0.282. The number of halogens is 1. The Bertz CT molecular complexity index is 1570. The molecule has 1 spiro atoms. The molecule has 0 radical (unpaired) electrons. The smallest absolute Gasteiger partial charge is 0.365 e. The highest BCUT2D eigenvalue weighted by molar-refractivity contribution is 8.27. The van der Waals surface area contributed by atoms with E-state index in [1.165, 1.54) is 39.6 Å². The number of carbonyl (C=O) groups excluding carboxylic acids is 1. The number of ether oxygens (including phenoxy) is 1. The number of hydrazone groups is 1. The number of esters is 1. The summed E-state index contributed by atoms with van der Waals surface area (Å²) in [5, 5.41) is 7.81. The van der Waals surface area contributed by atoms with Crippen molar-refractivity contribution in [3.05, 3.63) is 135 Å². The fourth-order valence-electron chi connectivity index (χ4n) is 5.62. The van der Waals surface area contributed by atoms with Crippen LogP contribution in [0.25, 0.3) is 0 Å². The van der Waals surface area contributed by atoms with Gasteiger partial charge in [0.2, 0.25) is 5.04 Å². The van der Waals surface area contributed by atoms with Gasteiger partial charge in [0.05, 0.1) is 17.0 Å². The van der Waals surface area contributed by atoms with Gasteiger partial charge in [-0.25, -0.2) is 9.80 Å². The molecule has 41 heavy (non-hydrogen) atoms. The average molecular weight is 599 g/mol. The number of benzene rings is 4. The van der Waals surface area contributed by atoms with E-state index in [1.807, 2.05) is 36.2 Å². The maximum Gasteiger partial charge on any atom is 0.365 e. The lowest BCUT2D eigenvalue weighted by atomic mass is 9.81. The molecule has 0 unspecified atom stereocenters. The van der Waals surface area contributed by atoms with Gasteiger partial charge in [0, 0.05) is 10.6 Å². The predicted octanol–water partition coefficient (Wildman–Crippen LogP) is 8.74. The first-order valence-corrected chi connectivity index (χ1v) is 16.0. The zero-order chi connectivity index (χ0) is 28.6. The van der Waals surface area contributed by atoms with Crippen LogP contribution in [0.1, 0.15) is 54.2 Å². The van der Waals surface area contributed by atoms with Crippen molar-refractivity contribution in [1.82, 2.24) is 0 Å². The maximum absolute atomic E-state index is 13.1. The summed E-state index contributed by atoms with van der Waals surface area (Å²) in [4.78, 5) is 13.1. The molecular formula is C34H31ClN2O2S2. The molecule has 0 saturated heterocycles. The minimum Gasteiger partial charge on any atom is -0.461 e. The number of aryl methyl sites for hydroxylation is 2. The van der Waals surface area contributed by atoms with Crippen LogP contribution in [0.15, 0.2) is 102 Å². The van der Waals surface area contributed by atoms with Crippen molar-refractivity contribution in [2.45, 2.75) is 42.6 Å². The van der Waals surface area contributed by atoms with Crippen LogP contribution in [-0.4, -0.2) is 17.6 Å². The van der Waals surface area contributed by atoms with Crippen LogP contribution in [0.4, 0.5) is 5.69 Å². The molecule has 4 aromatic rings. The Morgan fingerprint density at radius 2 is 1.44 bits per heavy atom. The van der Waals surface area contributed by atoms with E-state index >= 15 is 0 Å². The molecule has 0 amide bonds. The zero-order valence-corrected chi connectivity index (χ0v) is 25.7. The van der Waals surface area contributed by atoms with E-state index in [-0.39, 0.29) is 6.61 Å². The van der Waals surface area contributed by atoms with Crippen molar-refractivity contribution in [3.8, 4) is 0 Å². The van der Waals surface area contributed by atoms with Crippen molar-refractivity contribution in [3.63, 3.8) is 0 Å². The molecule has 1 atom stereocenters. The third-order valence-corrected chi connectivity index (χ3v) is 11.2. The Balaban J connectivity index is 1.61. The van der Waals surface area contributed by atoms with Gasteiger partial charge in [-0.3, -0.25) is 0 Å². The Morgan fingerprint density at radius 3 is 2.00 bits per heavy atom. The molecule has 6 rings (SSSR count). The molecule has 2 aliphatic heterocycles. The van der Waals surface area contributed by atoms with Gasteiger partial charge in [-0.05, 0) is 65.8 Å². The van der Waals surface area contributed by atoms with Crippen molar-refractivity contribution in [2.75, 3.05) is 11.6 Å². The molecule has 0 N–H and O–H groups in total. The van der Waals surface area contributed by atoms with Gasteiger partial charge < -0.3 is 4.74 Å². The molecule has 0 aromatic heterocycles. The molecular weight excluding hydrogens is 568 g/mol. The van der Waals surface area contributed by atoms with Crippen LogP contribution in [0.3, 0.4) is 0 Å². The first-order valence-electron chi connectivity index (χ1n) is 13.9. The third kappa shape index (κ3) is 4.66. The number of anilines is 1. The highest BCUT2D eigenvalue weighted by Crippen LogP contribution is 2.71. The number of nitrogens with zero attached hydrogens (tertiary/aromatic N) is 2. The van der Waals surface area contributed by atoms with Gasteiger partial charge in [0.25, 0.3) is 0 Å². The standard InChI is InChI=1S/C34H31ClN2O2S2/c1-4-23-14-18-25(19-15-23)33(26-20-16-24(5-2)17-21-26)29-12-7-8-13-30(29)34(41-33)37(28-11-9-10-27(35)22-28)36-31(40-34)32(38)39-6-3/h7-22H,4-6H2,1-3H3/t34-/m1/s1. The molecule has 208 valence electrons. The van der Waals surface area contributed by atoms with Gasteiger partial charge in [-0.15, -0.1) is 0 Å². The summed E-state index contributed by atoms with van der Waals surface area (Å²) in [6, 6.07) is 34.1. The average Bonchev–Trinajstić information content (AvgIpc) is 3.54. The van der Waals surface area contributed by atoms with Gasteiger partial charge in [0.15, 0.2) is 4.20 Å². The van der Waals surface area contributed by atoms with E-state index in [0.29, 0.717) is 10.1 Å². The second kappa shape index (κ2) is 11.2. The van der Waals surface area contributed by atoms with Crippen molar-refractivity contribution in [2.24, 2.45) is 5.10 Å². The SMILES string of the molecule is CCOC(=O)C1=NN(c2cccc(Cl)c2)[C@]2(S1)SC(c1ccc(CC)cc1)(c1ccc(CC)cc1)c1ccccc12. The van der Waals surface area contributed by atoms with Crippen LogP contribution in [0, 0.1) is 0 Å². The summed E-state index contributed by atoms with van der Waals surface area (Å²) in [6.07, 6.45) is 1.95. The van der Waals surface area contributed by atoms with Crippen LogP contribution >= 0.6 is 35.1 Å². The first kappa shape index (κ1) is 28.0. The monoisotopic (exact) mass is 598 g/mol. The van der Waals surface area contributed by atoms with Crippen LogP contribution in [0.2, 0.25) is 5.02 Å². The lowest BCUT2D eigenvalue weighted by Crippen LogP contribution is -2.34. The van der Waals surface area contributed by atoms with Gasteiger partial charge >= 0.3 is 5.97 Å². The number of carbonyl (C=O) groups is 1. The highest BCUT2D eigenvalue weighted by atomic mass is 35.5. The Morgan fingerprint density at radius 1 is 0.829 bits per heavy atom. The maximum atomic E-state index is 13.1. The lowest BCUT2D eigenvalue weighted by molar-refractivity contribution is -0.134. The molecule has 4 nitrogen and oxygen atoms in total. The fourth-order valence-corrected chi connectivity index (χ4v) is 9.37. The minimum atomic E-state index is -0.782. The number of rotatable bonds is 7. The zero-order valence-electron chi connectivity index (χ0n) is 23.3. The third-order valence-electron chi connectivity index (χ3n) is 7.68. The summed E-state index contributed by atoms with van der Waals surface area (Å²) < 4.78 is 4.11. The normalized spacial score (nSPS) is 18.8. The number of fused-ring (bicyclic) bond motifs is 2. The summed E-state index contributed by atoms with van der Waals surface area (Å²) in [7, 11) is 0. The summed E-state index contributed by atoms with van der Waals surface area (Å²) in [5.74, 6) is -0.420. The quantitative estimate of drug-likeness (QED) is 0.199. The first-order chi connectivity index (χ1) is 19.9. The topological polar surface area (TPSA) is 41.9 Å². The highest BCUT2D eigenvalue weighted by Gasteiger charge is 2.62. The second-order valence-electron chi connectivity index (χ2n) is 10.0. The van der Waals surface area contributed by atoms with E-state index < -0.39 is 14.9 Å². The largest absolute Gasteiger partial charge is 0.461 e. The summed E-state index contributed by atoms with van der Waals surface area (Å²) in [5.41, 5.74) is 8.04. The van der Waals surface area contributed by atoms with E-state index in [1.54, 1.807) is 11.8 Å². The molecule has 0 fully saturated rings. The summed E-state index contributed by atoms with van der Waals surface area (Å²) in [6.45, 7) is 6.45. The van der Waals surface area contributed by atoms with E-state index in [9.17, 15) is 4.79 Å². The Kier molecular flexibility index (Phi) is 7.66. The van der Waals surface area contributed by atoms with E-state index in [4.69, 9.17) is 21.4 Å². The second-order valence-corrected chi connectivity index (χ2v) is 13.3. The summed E-state index contributed by atoms with van der Waals surface area (Å²) >= 11 is 9.74. The fraction of sp³-hybridized carbons (Fsp3) is 0.235. The number of hydrogen-bond donors (Lipinski definition) is 0. The molecule has 2 heterocycles. The molecule has 0 saturated carbocycles. The van der Waals surface area contributed by atoms with Crippen LogP contribution < -0.4 is 5.01 Å². The van der Waals surface area contributed by atoms with Crippen LogP contribution in [0.5, 0.6) is 0 Å². The number of hydrogen-bond acceptors (Lipinski definition) is 6. The van der Waals surface area contributed by atoms with Crippen molar-refractivity contribution in [1.29, 1.82) is 0 Å². The molecule has 7 heteroatoms. The molecule has 0 aliphatic carbocycles.